The molecule has 2 aromatic carbocycles. The zero-order valence-electron chi connectivity index (χ0n) is 13.0. The van der Waals surface area contributed by atoms with Crippen LogP contribution in [0, 0.1) is 0 Å². The van der Waals surface area contributed by atoms with Crippen LogP contribution in [0.25, 0.3) is 21.8 Å². The van der Waals surface area contributed by atoms with Crippen molar-refractivity contribution in [2.75, 3.05) is 0 Å². The summed E-state index contributed by atoms with van der Waals surface area (Å²) in [4.78, 5) is 12.5. The number of aromatic nitrogens is 3. The first kappa shape index (κ1) is 14.8. The summed E-state index contributed by atoms with van der Waals surface area (Å²) in [5.41, 5.74) is 3.52. The molecule has 0 fully saturated rings. The Morgan fingerprint density at radius 3 is 2.92 bits per heavy atom. The van der Waals surface area contributed by atoms with Crippen LogP contribution in [0.4, 0.5) is 0 Å². The van der Waals surface area contributed by atoms with E-state index in [0.29, 0.717) is 17.3 Å². The van der Waals surface area contributed by atoms with E-state index in [-0.39, 0.29) is 5.91 Å². The zero-order chi connectivity index (χ0) is 16.7. The van der Waals surface area contributed by atoms with E-state index in [0.717, 1.165) is 27.4 Å². The minimum absolute atomic E-state index is 0.116. The van der Waals surface area contributed by atoms with Gasteiger partial charge in [0.2, 0.25) is 0 Å². The van der Waals surface area contributed by atoms with Crippen LogP contribution < -0.4 is 5.32 Å². The maximum atomic E-state index is 12.5. The number of fused-ring (bicyclic) bond motifs is 2. The highest BCUT2D eigenvalue weighted by Gasteiger charge is 2.13. The zero-order valence-corrected chi connectivity index (χ0v) is 13.8. The summed E-state index contributed by atoms with van der Waals surface area (Å²) in [6, 6.07) is 13.4. The molecule has 0 aliphatic heterocycles. The number of rotatable bonds is 3. The Hall–Kier alpha value is -2.79. The van der Waals surface area contributed by atoms with Crippen molar-refractivity contribution in [3.8, 4) is 0 Å². The topological polar surface area (TPSA) is 62.7 Å². The number of carbonyl (C=O) groups is 1. The molecule has 0 aliphatic rings. The number of aryl methyl sites for hydroxylation is 1. The number of aromatic amines is 1. The van der Waals surface area contributed by atoms with E-state index in [1.165, 1.54) is 0 Å². The van der Waals surface area contributed by atoms with Crippen molar-refractivity contribution in [1.29, 1.82) is 0 Å². The molecule has 4 aromatic rings. The second-order valence-corrected chi connectivity index (χ2v) is 6.20. The summed E-state index contributed by atoms with van der Waals surface area (Å²) in [6.45, 7) is 0.454. The highest BCUT2D eigenvalue weighted by molar-refractivity contribution is 6.31. The summed E-state index contributed by atoms with van der Waals surface area (Å²) in [6.07, 6.45) is 1.78. The maximum absolute atomic E-state index is 12.5. The number of nitrogens with zero attached hydrogens (tertiary/aromatic N) is 2. The van der Waals surface area contributed by atoms with Crippen LogP contribution in [0.15, 0.2) is 48.7 Å². The molecule has 120 valence electrons. The van der Waals surface area contributed by atoms with Gasteiger partial charge in [0.25, 0.3) is 5.91 Å². The summed E-state index contributed by atoms with van der Waals surface area (Å²) in [5.74, 6) is -0.116. The van der Waals surface area contributed by atoms with Crippen molar-refractivity contribution < 1.29 is 4.79 Å². The van der Waals surface area contributed by atoms with Gasteiger partial charge < -0.3 is 9.88 Å². The standard InChI is InChI=1S/C18H15ClN4O/c1-23-16-8-14(19)5-4-12(16)7-17(23)18(24)20-9-11-2-3-13-10-21-22-15(13)6-11/h2-8,10H,9H2,1H3,(H,20,24)(H,21,22). The molecule has 0 saturated carbocycles. The number of halogens is 1. The van der Waals surface area contributed by atoms with Crippen LogP contribution >= 0.6 is 11.6 Å². The average molecular weight is 339 g/mol. The van der Waals surface area contributed by atoms with Gasteiger partial charge in [-0.25, -0.2) is 0 Å². The van der Waals surface area contributed by atoms with Crippen molar-refractivity contribution in [2.45, 2.75) is 6.54 Å². The summed E-state index contributed by atoms with van der Waals surface area (Å²) < 4.78 is 1.86. The van der Waals surface area contributed by atoms with Crippen LogP contribution in [0.1, 0.15) is 16.1 Å². The van der Waals surface area contributed by atoms with E-state index in [2.05, 4.69) is 15.5 Å². The molecular weight excluding hydrogens is 324 g/mol. The molecule has 5 nitrogen and oxygen atoms in total. The molecule has 0 atom stereocenters. The Morgan fingerprint density at radius 2 is 2.04 bits per heavy atom. The predicted molar refractivity (Wildman–Crippen MR) is 95.2 cm³/mol. The van der Waals surface area contributed by atoms with E-state index in [1.807, 2.05) is 54.1 Å². The van der Waals surface area contributed by atoms with Crippen LogP contribution in [0.5, 0.6) is 0 Å². The minimum atomic E-state index is -0.116. The van der Waals surface area contributed by atoms with Gasteiger partial charge in [0.15, 0.2) is 0 Å². The third kappa shape index (κ3) is 2.53. The quantitative estimate of drug-likeness (QED) is 0.599. The molecular formula is C18H15ClN4O. The largest absolute Gasteiger partial charge is 0.347 e. The van der Waals surface area contributed by atoms with Gasteiger partial charge in [-0.3, -0.25) is 9.89 Å². The van der Waals surface area contributed by atoms with Gasteiger partial charge in [0, 0.05) is 34.9 Å². The molecule has 0 saturated heterocycles. The molecule has 0 radical (unpaired) electrons. The van der Waals surface area contributed by atoms with E-state index in [1.54, 1.807) is 6.20 Å². The molecule has 6 heteroatoms. The molecule has 1 amide bonds. The Bertz CT molecular complexity index is 1060. The van der Waals surface area contributed by atoms with Gasteiger partial charge in [-0.1, -0.05) is 29.8 Å². The van der Waals surface area contributed by atoms with Crippen molar-refractivity contribution in [2.24, 2.45) is 7.05 Å². The van der Waals surface area contributed by atoms with Crippen LogP contribution in [0.2, 0.25) is 5.02 Å². The van der Waals surface area contributed by atoms with E-state index >= 15 is 0 Å². The fourth-order valence-corrected chi connectivity index (χ4v) is 3.05. The number of benzene rings is 2. The number of carbonyl (C=O) groups excluding carboxylic acids is 1. The Labute approximate surface area is 143 Å². The minimum Gasteiger partial charge on any atom is -0.347 e. The summed E-state index contributed by atoms with van der Waals surface area (Å²) >= 11 is 6.04. The first-order chi connectivity index (χ1) is 11.6. The van der Waals surface area contributed by atoms with Crippen LogP contribution in [-0.2, 0) is 13.6 Å². The maximum Gasteiger partial charge on any atom is 0.268 e. The molecule has 0 bridgehead atoms. The van der Waals surface area contributed by atoms with Crippen molar-refractivity contribution >= 4 is 39.3 Å². The fourth-order valence-electron chi connectivity index (χ4n) is 2.89. The lowest BCUT2D eigenvalue weighted by Crippen LogP contribution is -2.24. The highest BCUT2D eigenvalue weighted by Crippen LogP contribution is 2.22. The summed E-state index contributed by atoms with van der Waals surface area (Å²) in [5, 5.41) is 12.6. The van der Waals surface area contributed by atoms with Gasteiger partial charge >= 0.3 is 0 Å². The highest BCUT2D eigenvalue weighted by atomic mass is 35.5. The second kappa shape index (κ2) is 5.69. The molecule has 24 heavy (non-hydrogen) atoms. The molecule has 0 unspecified atom stereocenters. The van der Waals surface area contributed by atoms with Gasteiger partial charge in [-0.05, 0) is 29.8 Å². The fraction of sp³-hybridized carbons (Fsp3) is 0.111. The molecule has 4 rings (SSSR count). The van der Waals surface area contributed by atoms with Crippen molar-refractivity contribution in [3.05, 3.63) is 64.9 Å². The molecule has 0 aliphatic carbocycles. The van der Waals surface area contributed by atoms with Crippen LogP contribution in [0.3, 0.4) is 0 Å². The molecule has 2 N–H and O–H groups in total. The number of hydrogen-bond acceptors (Lipinski definition) is 2. The third-order valence-electron chi connectivity index (χ3n) is 4.20. The van der Waals surface area contributed by atoms with E-state index in [9.17, 15) is 4.79 Å². The number of H-pyrrole nitrogens is 1. The van der Waals surface area contributed by atoms with Crippen molar-refractivity contribution in [3.63, 3.8) is 0 Å². The Balaban J connectivity index is 1.56. The lowest BCUT2D eigenvalue weighted by atomic mass is 10.1. The van der Waals surface area contributed by atoms with Crippen molar-refractivity contribution in [1.82, 2.24) is 20.1 Å². The summed E-state index contributed by atoms with van der Waals surface area (Å²) in [7, 11) is 1.87. The second-order valence-electron chi connectivity index (χ2n) is 5.77. The predicted octanol–water partition coefficient (Wildman–Crippen LogP) is 3.64. The molecule has 2 heterocycles. The van der Waals surface area contributed by atoms with Gasteiger partial charge in [-0.15, -0.1) is 0 Å². The Morgan fingerprint density at radius 1 is 1.21 bits per heavy atom. The average Bonchev–Trinajstić information content (AvgIpc) is 3.17. The Kier molecular flexibility index (Phi) is 3.50. The van der Waals surface area contributed by atoms with E-state index in [4.69, 9.17) is 11.6 Å². The van der Waals surface area contributed by atoms with Gasteiger partial charge in [0.1, 0.15) is 5.69 Å². The third-order valence-corrected chi connectivity index (χ3v) is 4.43. The van der Waals surface area contributed by atoms with Crippen LogP contribution in [-0.4, -0.2) is 20.7 Å². The van der Waals surface area contributed by atoms with Gasteiger partial charge in [0.05, 0.1) is 11.7 Å². The number of hydrogen-bond donors (Lipinski definition) is 2. The first-order valence-electron chi connectivity index (χ1n) is 7.57. The number of nitrogens with one attached hydrogen (secondary N) is 2. The molecule has 2 aromatic heterocycles. The number of amides is 1. The normalized spacial score (nSPS) is 11.2. The lowest BCUT2D eigenvalue weighted by Gasteiger charge is -2.07. The van der Waals surface area contributed by atoms with E-state index < -0.39 is 0 Å². The first-order valence-corrected chi connectivity index (χ1v) is 7.95. The monoisotopic (exact) mass is 338 g/mol. The SMILES string of the molecule is Cn1c(C(=O)NCc2ccc3cn[nH]c3c2)cc2ccc(Cl)cc21. The smallest absolute Gasteiger partial charge is 0.268 e. The molecule has 0 spiro atoms. The van der Waals surface area contributed by atoms with Gasteiger partial charge in [-0.2, -0.15) is 5.10 Å². The lowest BCUT2D eigenvalue weighted by molar-refractivity contribution is 0.0943.